The molecule has 0 saturated carbocycles. The first-order chi connectivity index (χ1) is 17.1. The zero-order chi connectivity index (χ0) is 25.9. The van der Waals surface area contributed by atoms with E-state index in [4.69, 9.17) is 14.6 Å². The molecule has 2 aromatic heterocycles. The van der Waals surface area contributed by atoms with Crippen LogP contribution in [-0.4, -0.2) is 48.8 Å². The molecule has 0 spiro atoms. The summed E-state index contributed by atoms with van der Waals surface area (Å²) in [6, 6.07) is 15.1. The van der Waals surface area contributed by atoms with E-state index in [-0.39, 0.29) is 10.6 Å². The van der Waals surface area contributed by atoms with Crippen LogP contribution in [-0.2, 0) is 20.4 Å². The maximum atomic E-state index is 12.8. The second kappa shape index (κ2) is 10.1. The number of carboxylic acid groups (broad SMARTS) is 1. The number of pyridine rings is 1. The van der Waals surface area contributed by atoms with E-state index in [0.29, 0.717) is 23.9 Å². The molecule has 0 radical (unpaired) electrons. The first-order valence-corrected chi connectivity index (χ1v) is 12.9. The van der Waals surface area contributed by atoms with Crippen molar-refractivity contribution in [3.8, 4) is 5.75 Å². The molecule has 5 rings (SSSR count). The topological polar surface area (TPSA) is 110 Å². The fraction of sp³-hybridized carbons (Fsp3) is 0.174. The number of anilines is 2. The number of aliphatic carboxylic acids is 1. The van der Waals surface area contributed by atoms with Crippen molar-refractivity contribution in [1.29, 1.82) is 0 Å². The first kappa shape index (κ1) is 25.4. The first-order valence-electron chi connectivity index (χ1n) is 10.4. The van der Waals surface area contributed by atoms with Crippen molar-refractivity contribution in [2.75, 3.05) is 18.1 Å². The number of halogens is 3. The van der Waals surface area contributed by atoms with Gasteiger partial charge in [0.15, 0.2) is 9.84 Å². The summed E-state index contributed by atoms with van der Waals surface area (Å²) in [5.74, 6) is -2.31. The van der Waals surface area contributed by atoms with Gasteiger partial charge in [-0.15, -0.1) is 11.3 Å². The minimum absolute atomic E-state index is 0.111. The van der Waals surface area contributed by atoms with Crippen LogP contribution in [0.5, 0.6) is 5.75 Å². The Balaban J connectivity index is 0.000000384. The molecule has 3 heterocycles. The highest BCUT2D eigenvalue weighted by atomic mass is 32.2. The summed E-state index contributed by atoms with van der Waals surface area (Å²) in [5, 5.41) is 10.5. The molecule has 0 fully saturated rings. The van der Waals surface area contributed by atoms with E-state index < -0.39 is 22.0 Å². The molecule has 1 N–H and O–H groups in total. The molecule has 36 heavy (non-hydrogen) atoms. The molecule has 0 amide bonds. The van der Waals surface area contributed by atoms with Gasteiger partial charge in [0, 0.05) is 29.2 Å². The minimum atomic E-state index is -5.08. The van der Waals surface area contributed by atoms with Gasteiger partial charge in [0.1, 0.15) is 23.1 Å². The van der Waals surface area contributed by atoms with Gasteiger partial charge in [-0.25, -0.2) is 18.2 Å². The second-order valence-corrected chi connectivity index (χ2v) is 10.4. The lowest BCUT2D eigenvalue weighted by Crippen LogP contribution is -2.29. The summed E-state index contributed by atoms with van der Waals surface area (Å²) in [4.78, 5) is 19.9. The maximum Gasteiger partial charge on any atom is 0.490 e. The van der Waals surface area contributed by atoms with E-state index in [1.54, 1.807) is 29.9 Å². The summed E-state index contributed by atoms with van der Waals surface area (Å²) in [6.45, 7) is 1.13. The van der Waals surface area contributed by atoms with E-state index in [9.17, 15) is 21.6 Å². The zero-order valence-corrected chi connectivity index (χ0v) is 20.0. The second-order valence-electron chi connectivity index (χ2n) is 7.47. The normalized spacial score (nSPS) is 13.4. The number of para-hydroxylation sites is 1. The van der Waals surface area contributed by atoms with Crippen LogP contribution < -0.4 is 9.64 Å². The number of sulfone groups is 1. The van der Waals surface area contributed by atoms with Crippen molar-refractivity contribution in [3.63, 3.8) is 0 Å². The maximum absolute atomic E-state index is 12.8. The van der Waals surface area contributed by atoms with Gasteiger partial charge < -0.3 is 14.7 Å². The molecule has 0 saturated heterocycles. The third-order valence-electron chi connectivity index (χ3n) is 5.10. The Hall–Kier alpha value is -3.71. The summed E-state index contributed by atoms with van der Waals surface area (Å²) >= 11 is 1.34. The van der Waals surface area contributed by atoms with Crippen molar-refractivity contribution in [2.24, 2.45) is 0 Å². The molecular weight excluding hydrogens is 519 g/mol. The third kappa shape index (κ3) is 5.57. The van der Waals surface area contributed by atoms with Crippen molar-refractivity contribution in [1.82, 2.24) is 9.97 Å². The van der Waals surface area contributed by atoms with Crippen LogP contribution in [0.4, 0.5) is 24.5 Å². The molecule has 188 valence electrons. The predicted molar refractivity (Wildman–Crippen MR) is 127 cm³/mol. The van der Waals surface area contributed by atoms with Crippen molar-refractivity contribution in [2.45, 2.75) is 16.8 Å². The molecule has 0 bridgehead atoms. The lowest BCUT2D eigenvalue weighted by Gasteiger charge is -2.32. The number of benzene rings is 2. The van der Waals surface area contributed by atoms with Gasteiger partial charge in [-0.1, -0.05) is 18.2 Å². The standard InChI is InChI=1S/C21H17N3O3S2.C2HF3O2/c25-29(26,14-20-22-9-12-28-20)16-6-7-17-19(13-16)27-11-10-24(17)18-5-1-3-15-4-2-8-23-21(15)18;3-2(4,5)1(6)7/h1-9,12-13H,10-11,14H2;(H,6,7). The lowest BCUT2D eigenvalue weighted by molar-refractivity contribution is -0.192. The highest BCUT2D eigenvalue weighted by Gasteiger charge is 2.38. The molecule has 0 aliphatic carbocycles. The molecule has 4 aromatic rings. The zero-order valence-electron chi connectivity index (χ0n) is 18.3. The number of rotatable bonds is 4. The fourth-order valence-corrected chi connectivity index (χ4v) is 5.79. The summed E-state index contributed by atoms with van der Waals surface area (Å²) in [6.07, 6.45) is -1.69. The number of hydrogen-bond acceptors (Lipinski definition) is 8. The molecule has 8 nitrogen and oxygen atoms in total. The van der Waals surface area contributed by atoms with Crippen LogP contribution in [0.15, 0.2) is 71.2 Å². The number of fused-ring (bicyclic) bond motifs is 2. The molecule has 1 aliphatic rings. The number of ether oxygens (including phenoxy) is 1. The van der Waals surface area contributed by atoms with E-state index >= 15 is 0 Å². The number of hydrogen-bond donors (Lipinski definition) is 1. The highest BCUT2D eigenvalue weighted by Crippen LogP contribution is 2.40. The quantitative estimate of drug-likeness (QED) is 0.394. The van der Waals surface area contributed by atoms with E-state index in [1.807, 2.05) is 36.4 Å². The number of carboxylic acids is 1. The Morgan fingerprint density at radius 2 is 1.83 bits per heavy atom. The largest absolute Gasteiger partial charge is 0.490 e. The summed E-state index contributed by atoms with van der Waals surface area (Å²) in [5.41, 5.74) is 2.72. The average molecular weight is 538 g/mol. The van der Waals surface area contributed by atoms with Crippen LogP contribution in [0.25, 0.3) is 10.9 Å². The van der Waals surface area contributed by atoms with Gasteiger partial charge >= 0.3 is 12.1 Å². The van der Waals surface area contributed by atoms with Crippen molar-refractivity contribution >= 4 is 49.4 Å². The minimum Gasteiger partial charge on any atom is -0.489 e. The summed E-state index contributed by atoms with van der Waals surface area (Å²) < 4.78 is 63.2. The van der Waals surface area contributed by atoms with E-state index in [2.05, 4.69) is 14.9 Å². The Labute approximate surface area is 207 Å². The molecular formula is C23H18F3N3O5S2. The van der Waals surface area contributed by atoms with Gasteiger partial charge in [-0.05, 0) is 24.3 Å². The smallest absolute Gasteiger partial charge is 0.489 e. The molecule has 2 aromatic carbocycles. The number of thiazole rings is 1. The van der Waals surface area contributed by atoms with E-state index in [1.165, 1.54) is 11.3 Å². The molecule has 0 unspecified atom stereocenters. The average Bonchev–Trinajstić information content (AvgIpc) is 3.35. The number of nitrogens with zero attached hydrogens (tertiary/aromatic N) is 3. The van der Waals surface area contributed by atoms with Crippen molar-refractivity contribution < 1.29 is 36.2 Å². The Kier molecular flexibility index (Phi) is 7.13. The number of alkyl halides is 3. The fourth-order valence-electron chi connectivity index (χ4n) is 3.52. The van der Waals surface area contributed by atoms with Crippen LogP contribution >= 0.6 is 11.3 Å². The van der Waals surface area contributed by atoms with Gasteiger partial charge in [0.05, 0.1) is 28.3 Å². The Bertz CT molecular complexity index is 1490. The monoisotopic (exact) mass is 537 g/mol. The SMILES string of the molecule is O=C(O)C(F)(F)F.O=S(=O)(Cc1nccs1)c1ccc2c(c1)OCCN2c1cccc2cccnc12. The van der Waals surface area contributed by atoms with Crippen LogP contribution in [0.3, 0.4) is 0 Å². The van der Waals surface area contributed by atoms with Crippen LogP contribution in [0, 0.1) is 0 Å². The van der Waals surface area contributed by atoms with Crippen LogP contribution in [0.2, 0.25) is 0 Å². The van der Waals surface area contributed by atoms with Gasteiger partial charge in [-0.3, -0.25) is 4.98 Å². The van der Waals surface area contributed by atoms with Crippen LogP contribution in [0.1, 0.15) is 5.01 Å². The highest BCUT2D eigenvalue weighted by molar-refractivity contribution is 7.90. The number of aromatic nitrogens is 2. The molecule has 13 heteroatoms. The predicted octanol–water partition coefficient (Wildman–Crippen LogP) is 4.83. The summed E-state index contributed by atoms with van der Waals surface area (Å²) in [7, 11) is -3.50. The molecule has 0 atom stereocenters. The van der Waals surface area contributed by atoms with Crippen molar-refractivity contribution in [3.05, 3.63) is 71.3 Å². The number of carbonyl (C=O) groups is 1. The molecule has 1 aliphatic heterocycles. The Morgan fingerprint density at radius 3 is 2.53 bits per heavy atom. The Morgan fingerprint density at radius 1 is 1.08 bits per heavy atom. The van der Waals surface area contributed by atoms with Gasteiger partial charge in [0.2, 0.25) is 0 Å². The lowest BCUT2D eigenvalue weighted by atomic mass is 10.1. The van der Waals surface area contributed by atoms with E-state index in [0.717, 1.165) is 22.3 Å². The van der Waals surface area contributed by atoms with Gasteiger partial charge in [0.25, 0.3) is 0 Å². The third-order valence-corrected chi connectivity index (χ3v) is 7.68. The van der Waals surface area contributed by atoms with Gasteiger partial charge in [-0.2, -0.15) is 13.2 Å².